The van der Waals surface area contributed by atoms with Gasteiger partial charge in [-0.3, -0.25) is 14.8 Å². The van der Waals surface area contributed by atoms with Gasteiger partial charge in [-0.05, 0) is 12.8 Å². The molecule has 0 aliphatic carbocycles. The average molecular weight is 462 g/mol. The summed E-state index contributed by atoms with van der Waals surface area (Å²) in [7, 11) is 1.66. The fourth-order valence-electron chi connectivity index (χ4n) is 3.98. The number of nitrogens with two attached hydrogens (primary N) is 1. The molecule has 3 aliphatic heterocycles. The molecule has 0 amide bonds. The molecule has 2 saturated heterocycles. The van der Waals surface area contributed by atoms with Gasteiger partial charge in [-0.2, -0.15) is 0 Å². The minimum Gasteiger partial charge on any atom is -0.375 e. The number of methoxy groups -OCH3 is 1. The third kappa shape index (κ3) is 2.79. The molecule has 2 fully saturated rings. The molecule has 5 atom stereocenters. The number of nitrogens with one attached hydrogen (secondary N) is 1. The van der Waals surface area contributed by atoms with Crippen LogP contribution in [-0.4, -0.2) is 60.4 Å². The Morgan fingerprint density at radius 3 is 3.12 bits per heavy atom. The van der Waals surface area contributed by atoms with Gasteiger partial charge in [0.25, 0.3) is 5.56 Å². The summed E-state index contributed by atoms with van der Waals surface area (Å²) in [6.45, 7) is 0.832. The van der Waals surface area contributed by atoms with Gasteiger partial charge in [-0.25, -0.2) is 4.98 Å². The summed E-state index contributed by atoms with van der Waals surface area (Å²) in [6.07, 6.45) is 2.50. The first-order chi connectivity index (χ1) is 12.1. The van der Waals surface area contributed by atoms with Crippen LogP contribution in [0.1, 0.15) is 12.1 Å². The molecular formula is C15H19IN4O5. The molecule has 0 spiro atoms. The Morgan fingerprint density at radius 1 is 1.52 bits per heavy atom. The Bertz CT molecular complexity index is 756. The van der Waals surface area contributed by atoms with Gasteiger partial charge in [0.05, 0.1) is 25.0 Å². The zero-order chi connectivity index (χ0) is 17.6. The number of hydrogen-bond acceptors (Lipinski definition) is 8. The van der Waals surface area contributed by atoms with E-state index in [1.165, 1.54) is 0 Å². The van der Waals surface area contributed by atoms with E-state index in [1.807, 2.05) is 23.0 Å². The molecule has 1 aromatic rings. The van der Waals surface area contributed by atoms with Crippen molar-refractivity contribution < 1.29 is 17.3 Å². The summed E-state index contributed by atoms with van der Waals surface area (Å²) in [5.74, 6) is 0.0864. The number of rotatable bonds is 4. The zero-order valence-electron chi connectivity index (χ0n) is 13.6. The molecule has 0 radical (unpaired) electrons. The Balaban J connectivity index is 1.60. The summed E-state index contributed by atoms with van der Waals surface area (Å²) >= 11 is 1.85. The van der Waals surface area contributed by atoms with Crippen molar-refractivity contribution in [3.8, 4) is 0 Å². The Labute approximate surface area is 158 Å². The number of nitrogens with zero attached hydrogens (tertiary/aromatic N) is 2. The molecule has 1 aromatic heterocycles. The fraction of sp³-hybridized carbons (Fsp3) is 0.667. The molecule has 10 heteroatoms. The quantitative estimate of drug-likeness (QED) is 0.627. The summed E-state index contributed by atoms with van der Waals surface area (Å²) in [5, 5.41) is 0. The second-order valence-electron chi connectivity index (χ2n) is 6.56. The minimum atomic E-state index is -0.599. The van der Waals surface area contributed by atoms with E-state index in [2.05, 4.69) is 15.0 Å². The molecular weight excluding hydrogens is 443 g/mol. The number of fused-ring (bicyclic) bond motifs is 3. The van der Waals surface area contributed by atoms with Crippen LogP contribution in [0.15, 0.2) is 9.79 Å². The number of hydrogen-bond donors (Lipinski definition) is 2. The van der Waals surface area contributed by atoms with Gasteiger partial charge in [-0.1, -0.05) is 0 Å². The number of aliphatic imine (C=N–C) groups is 1. The van der Waals surface area contributed by atoms with Gasteiger partial charge < -0.3 is 23.0 Å². The lowest BCUT2D eigenvalue weighted by atomic mass is 9.92. The van der Waals surface area contributed by atoms with Crippen LogP contribution in [0.25, 0.3) is 0 Å². The molecule has 0 saturated carbocycles. The van der Waals surface area contributed by atoms with Gasteiger partial charge >= 0.3 is 0 Å². The standard InChI is InChI=1S/C15H19IN4O5/c1-22-12-11-10(25-15(12,5-23-11)6-24-16)7-2-3-8-9(18-4-7)13(21)20-14(17)19-8/h4,7,10-12H,2-3,5-6H2,1H3,(H3,17,19,20,21)/t7-,10+,11?,12?,15-/m1/s1. The van der Waals surface area contributed by atoms with Crippen LogP contribution >= 0.6 is 23.0 Å². The van der Waals surface area contributed by atoms with Crippen LogP contribution in [0.4, 0.5) is 11.6 Å². The normalized spacial score (nSPS) is 36.4. The minimum absolute atomic E-state index is 0.0196. The average Bonchev–Trinajstić information content (AvgIpc) is 2.98. The predicted molar refractivity (Wildman–Crippen MR) is 97.3 cm³/mol. The summed E-state index contributed by atoms with van der Waals surface area (Å²) < 4.78 is 23.2. The molecule has 9 nitrogen and oxygen atoms in total. The lowest BCUT2D eigenvalue weighted by Crippen LogP contribution is -2.46. The largest absolute Gasteiger partial charge is 0.375 e. The Morgan fingerprint density at radius 2 is 2.36 bits per heavy atom. The first kappa shape index (κ1) is 17.3. The van der Waals surface area contributed by atoms with Gasteiger partial charge in [0.1, 0.15) is 46.5 Å². The molecule has 0 aromatic carbocycles. The number of H-pyrrole nitrogens is 1. The molecule has 3 aliphatic rings. The second kappa shape index (κ2) is 6.58. The van der Waals surface area contributed by atoms with Crippen LogP contribution in [0.3, 0.4) is 0 Å². The summed E-state index contributed by atoms with van der Waals surface area (Å²) in [4.78, 5) is 23.1. The van der Waals surface area contributed by atoms with E-state index in [0.717, 1.165) is 6.42 Å². The molecule has 2 bridgehead atoms. The van der Waals surface area contributed by atoms with Crippen molar-refractivity contribution in [3.63, 3.8) is 0 Å². The van der Waals surface area contributed by atoms with Crippen molar-refractivity contribution in [3.05, 3.63) is 16.0 Å². The van der Waals surface area contributed by atoms with E-state index in [1.54, 1.807) is 13.3 Å². The molecule has 25 heavy (non-hydrogen) atoms. The van der Waals surface area contributed by atoms with E-state index < -0.39 is 5.60 Å². The monoisotopic (exact) mass is 462 g/mol. The van der Waals surface area contributed by atoms with Gasteiger partial charge in [0.15, 0.2) is 0 Å². The van der Waals surface area contributed by atoms with Gasteiger partial charge in [0.2, 0.25) is 5.95 Å². The van der Waals surface area contributed by atoms with Crippen LogP contribution in [-0.2, 0) is 23.7 Å². The van der Waals surface area contributed by atoms with Gasteiger partial charge in [-0.15, -0.1) is 0 Å². The van der Waals surface area contributed by atoms with E-state index in [4.69, 9.17) is 23.0 Å². The van der Waals surface area contributed by atoms with Crippen LogP contribution in [0.5, 0.6) is 0 Å². The van der Waals surface area contributed by atoms with Crippen molar-refractivity contribution in [1.29, 1.82) is 0 Å². The topological polar surface area (TPSA) is 121 Å². The number of halogens is 1. The Hall–Kier alpha value is -1.08. The fourth-order valence-corrected chi connectivity index (χ4v) is 4.51. The third-order valence-electron chi connectivity index (χ3n) is 5.10. The van der Waals surface area contributed by atoms with Crippen molar-refractivity contribution in [2.45, 2.75) is 36.8 Å². The molecule has 2 unspecified atom stereocenters. The van der Waals surface area contributed by atoms with Crippen molar-refractivity contribution >= 4 is 40.9 Å². The number of aromatic nitrogens is 2. The van der Waals surface area contributed by atoms with E-state index in [0.29, 0.717) is 31.0 Å². The van der Waals surface area contributed by atoms with Crippen LogP contribution in [0.2, 0.25) is 0 Å². The SMILES string of the molecule is COC1C2OC[C@]1(COI)O[C@H]2[C@H]1C=Nc2c(nc(N)[nH]c2=O)CC1. The highest BCUT2D eigenvalue weighted by Crippen LogP contribution is 2.45. The van der Waals surface area contributed by atoms with E-state index in [9.17, 15) is 4.79 Å². The number of aryl methyl sites for hydroxylation is 1. The van der Waals surface area contributed by atoms with Crippen molar-refractivity contribution in [2.24, 2.45) is 10.9 Å². The van der Waals surface area contributed by atoms with E-state index >= 15 is 0 Å². The van der Waals surface area contributed by atoms with Crippen LogP contribution < -0.4 is 11.3 Å². The van der Waals surface area contributed by atoms with Crippen LogP contribution in [0, 0.1) is 5.92 Å². The first-order valence-electron chi connectivity index (χ1n) is 8.06. The summed E-state index contributed by atoms with van der Waals surface area (Å²) in [6, 6.07) is 0. The van der Waals surface area contributed by atoms with Crippen molar-refractivity contribution in [2.75, 3.05) is 26.1 Å². The number of aromatic amines is 1. The second-order valence-corrected chi connectivity index (χ2v) is 7.18. The maximum atomic E-state index is 12.0. The molecule has 4 heterocycles. The molecule has 136 valence electrons. The third-order valence-corrected chi connectivity index (χ3v) is 5.41. The lowest BCUT2D eigenvalue weighted by molar-refractivity contribution is -0.163. The Kier molecular flexibility index (Phi) is 4.56. The molecule has 4 rings (SSSR count). The zero-order valence-corrected chi connectivity index (χ0v) is 15.8. The highest BCUT2D eigenvalue weighted by atomic mass is 127. The smallest absolute Gasteiger partial charge is 0.278 e. The number of ether oxygens (including phenoxy) is 3. The summed E-state index contributed by atoms with van der Waals surface area (Å²) in [5.41, 5.74) is 5.63. The maximum absolute atomic E-state index is 12.0. The first-order valence-corrected chi connectivity index (χ1v) is 8.94. The molecule has 3 N–H and O–H groups in total. The van der Waals surface area contributed by atoms with Gasteiger partial charge in [0, 0.05) is 19.2 Å². The maximum Gasteiger partial charge on any atom is 0.278 e. The van der Waals surface area contributed by atoms with E-state index in [-0.39, 0.29) is 35.7 Å². The number of anilines is 1. The highest BCUT2D eigenvalue weighted by Gasteiger charge is 2.63. The highest BCUT2D eigenvalue weighted by molar-refractivity contribution is 14.1. The predicted octanol–water partition coefficient (Wildman–Crippen LogP) is 0.535. The van der Waals surface area contributed by atoms with Crippen molar-refractivity contribution in [1.82, 2.24) is 9.97 Å². The lowest BCUT2D eigenvalue weighted by Gasteiger charge is -2.32. The number of nitrogen functional groups attached to an aromatic ring is 1.